The molecule has 0 radical (unpaired) electrons. The zero-order chi connectivity index (χ0) is 10.3. The first-order valence-corrected chi connectivity index (χ1v) is 5.40. The number of amides is 1. The van der Waals surface area contributed by atoms with Crippen LogP contribution < -0.4 is 0 Å². The van der Waals surface area contributed by atoms with Crippen LogP contribution in [0.15, 0.2) is 0 Å². The summed E-state index contributed by atoms with van der Waals surface area (Å²) < 4.78 is 0. The maximum Gasteiger partial charge on any atom is 0.230 e. The molecule has 0 bridgehead atoms. The molecular formula is C11H17NO2. The van der Waals surface area contributed by atoms with Crippen LogP contribution in [0.3, 0.4) is 0 Å². The third-order valence-corrected chi connectivity index (χ3v) is 3.84. The maximum atomic E-state index is 11.5. The number of nitrogens with zero attached hydrogens (tertiary/aromatic N) is 1. The van der Waals surface area contributed by atoms with Gasteiger partial charge >= 0.3 is 0 Å². The van der Waals surface area contributed by atoms with Crippen LogP contribution in [0.1, 0.15) is 33.1 Å². The normalized spacial score (nSPS) is 38.4. The molecule has 3 atom stereocenters. The van der Waals surface area contributed by atoms with Crippen molar-refractivity contribution in [3.05, 3.63) is 0 Å². The van der Waals surface area contributed by atoms with Crippen molar-refractivity contribution >= 4 is 11.7 Å². The van der Waals surface area contributed by atoms with E-state index < -0.39 is 0 Å². The molecule has 78 valence electrons. The molecular weight excluding hydrogens is 178 g/mol. The summed E-state index contributed by atoms with van der Waals surface area (Å²) in [6, 6.07) is 0.323. The molecule has 1 saturated heterocycles. The van der Waals surface area contributed by atoms with Crippen molar-refractivity contribution in [3.63, 3.8) is 0 Å². The van der Waals surface area contributed by atoms with Gasteiger partial charge in [0.15, 0.2) is 5.78 Å². The number of hydrogen-bond acceptors (Lipinski definition) is 2. The quantitative estimate of drug-likeness (QED) is 0.590. The smallest absolute Gasteiger partial charge is 0.230 e. The largest absolute Gasteiger partial charge is 0.332 e. The van der Waals surface area contributed by atoms with Crippen molar-refractivity contribution in [3.8, 4) is 0 Å². The minimum Gasteiger partial charge on any atom is -0.332 e. The number of carbonyl (C=O) groups excluding carboxylic acids is 2. The van der Waals surface area contributed by atoms with E-state index in [4.69, 9.17) is 0 Å². The summed E-state index contributed by atoms with van der Waals surface area (Å²) in [7, 11) is 0. The number of carbonyl (C=O) groups is 2. The topological polar surface area (TPSA) is 37.4 Å². The summed E-state index contributed by atoms with van der Waals surface area (Å²) in [6.45, 7) is 4.78. The minimum atomic E-state index is 0.0425. The van der Waals surface area contributed by atoms with Gasteiger partial charge < -0.3 is 4.90 Å². The fraction of sp³-hybridized carbons (Fsp3) is 0.818. The SMILES string of the molecule is CC1CCC(N2CC(=O)CC2=O)C1C. The summed E-state index contributed by atoms with van der Waals surface area (Å²) in [5.74, 6) is 1.36. The highest BCUT2D eigenvalue weighted by Gasteiger charge is 2.40. The maximum absolute atomic E-state index is 11.5. The van der Waals surface area contributed by atoms with Crippen LogP contribution in [0.5, 0.6) is 0 Å². The molecule has 0 aromatic rings. The van der Waals surface area contributed by atoms with Crippen molar-refractivity contribution in [2.75, 3.05) is 6.54 Å². The molecule has 14 heavy (non-hydrogen) atoms. The summed E-state index contributed by atoms with van der Waals surface area (Å²) in [5.41, 5.74) is 0. The average molecular weight is 195 g/mol. The lowest BCUT2D eigenvalue weighted by Gasteiger charge is -2.27. The molecule has 1 aliphatic heterocycles. The van der Waals surface area contributed by atoms with Crippen LogP contribution in [-0.2, 0) is 9.59 Å². The molecule has 0 N–H and O–H groups in total. The lowest BCUT2D eigenvalue weighted by atomic mass is 9.97. The molecule has 0 aromatic heterocycles. The van der Waals surface area contributed by atoms with Gasteiger partial charge in [-0.1, -0.05) is 13.8 Å². The molecule has 1 saturated carbocycles. The average Bonchev–Trinajstić information content (AvgIpc) is 2.59. The van der Waals surface area contributed by atoms with Crippen molar-refractivity contribution in [2.24, 2.45) is 11.8 Å². The fourth-order valence-electron chi connectivity index (χ4n) is 2.68. The van der Waals surface area contributed by atoms with Crippen LogP contribution in [0.25, 0.3) is 0 Å². The monoisotopic (exact) mass is 195 g/mol. The first-order chi connectivity index (χ1) is 6.59. The lowest BCUT2D eigenvalue weighted by molar-refractivity contribution is -0.130. The second kappa shape index (κ2) is 3.37. The Hall–Kier alpha value is -0.860. The van der Waals surface area contributed by atoms with Crippen LogP contribution in [0.2, 0.25) is 0 Å². The van der Waals surface area contributed by atoms with Crippen molar-refractivity contribution < 1.29 is 9.59 Å². The highest BCUT2D eigenvalue weighted by atomic mass is 16.2. The molecule has 2 fully saturated rings. The standard InChI is InChI=1S/C11H17NO2/c1-7-3-4-10(8(7)2)12-6-9(13)5-11(12)14/h7-8,10H,3-6H2,1-2H3. The van der Waals surface area contributed by atoms with Crippen LogP contribution in [-0.4, -0.2) is 29.2 Å². The molecule has 2 rings (SSSR count). The van der Waals surface area contributed by atoms with Gasteiger partial charge in [0.1, 0.15) is 0 Å². The van der Waals surface area contributed by atoms with E-state index in [-0.39, 0.29) is 18.1 Å². The molecule has 1 aliphatic carbocycles. The van der Waals surface area contributed by atoms with Crippen molar-refractivity contribution in [2.45, 2.75) is 39.2 Å². The second-order valence-corrected chi connectivity index (χ2v) is 4.72. The lowest BCUT2D eigenvalue weighted by Crippen LogP contribution is -2.39. The Kier molecular flexibility index (Phi) is 2.33. The Bertz CT molecular complexity index is 274. The number of Topliss-reactive ketones (excluding diaryl/α,β-unsaturated/α-hetero) is 1. The number of hydrogen-bond donors (Lipinski definition) is 0. The summed E-state index contributed by atoms with van der Waals surface area (Å²) in [5, 5.41) is 0. The second-order valence-electron chi connectivity index (χ2n) is 4.72. The molecule has 2 aliphatic rings. The zero-order valence-corrected chi connectivity index (χ0v) is 8.82. The zero-order valence-electron chi connectivity index (χ0n) is 8.82. The van der Waals surface area contributed by atoms with Crippen molar-refractivity contribution in [1.29, 1.82) is 0 Å². The van der Waals surface area contributed by atoms with E-state index >= 15 is 0 Å². The van der Waals surface area contributed by atoms with Gasteiger partial charge in [0.2, 0.25) is 5.91 Å². The molecule has 3 heteroatoms. The first kappa shape index (κ1) is 9.69. The molecule has 1 amide bonds. The number of rotatable bonds is 1. The Morgan fingerprint density at radius 3 is 2.36 bits per heavy atom. The van der Waals surface area contributed by atoms with Crippen LogP contribution in [0, 0.1) is 11.8 Å². The predicted octanol–water partition coefficient (Wildman–Crippen LogP) is 1.22. The van der Waals surface area contributed by atoms with E-state index in [9.17, 15) is 9.59 Å². The van der Waals surface area contributed by atoms with E-state index in [0.29, 0.717) is 24.4 Å². The number of ketones is 1. The van der Waals surface area contributed by atoms with Gasteiger partial charge in [-0.2, -0.15) is 0 Å². The van der Waals surface area contributed by atoms with Crippen LogP contribution >= 0.6 is 0 Å². The summed E-state index contributed by atoms with van der Waals surface area (Å²) >= 11 is 0. The minimum absolute atomic E-state index is 0.0425. The Morgan fingerprint density at radius 2 is 1.93 bits per heavy atom. The highest BCUT2D eigenvalue weighted by molar-refractivity contribution is 6.05. The third-order valence-electron chi connectivity index (χ3n) is 3.84. The predicted molar refractivity (Wildman–Crippen MR) is 52.7 cm³/mol. The van der Waals surface area contributed by atoms with E-state index in [2.05, 4.69) is 13.8 Å². The summed E-state index contributed by atoms with van der Waals surface area (Å²) in [6.07, 6.45) is 2.39. The third kappa shape index (κ3) is 1.45. The van der Waals surface area contributed by atoms with Gasteiger partial charge in [0.25, 0.3) is 0 Å². The van der Waals surface area contributed by atoms with Gasteiger partial charge in [0, 0.05) is 6.04 Å². The highest BCUT2D eigenvalue weighted by Crippen LogP contribution is 2.35. The van der Waals surface area contributed by atoms with Gasteiger partial charge in [-0.3, -0.25) is 9.59 Å². The van der Waals surface area contributed by atoms with Crippen LogP contribution in [0.4, 0.5) is 0 Å². The van der Waals surface area contributed by atoms with E-state index in [1.807, 2.05) is 0 Å². The summed E-state index contributed by atoms with van der Waals surface area (Å²) in [4.78, 5) is 24.5. The molecule has 0 aromatic carbocycles. The Labute approximate surface area is 84.5 Å². The van der Waals surface area contributed by atoms with Gasteiger partial charge in [-0.25, -0.2) is 0 Å². The fourth-order valence-corrected chi connectivity index (χ4v) is 2.68. The van der Waals surface area contributed by atoms with Gasteiger partial charge in [-0.05, 0) is 24.7 Å². The molecule has 3 nitrogen and oxygen atoms in total. The Balaban J connectivity index is 2.09. The first-order valence-electron chi connectivity index (χ1n) is 5.40. The Morgan fingerprint density at radius 1 is 1.21 bits per heavy atom. The number of likely N-dealkylation sites (tertiary alicyclic amines) is 1. The van der Waals surface area contributed by atoms with E-state index in [1.165, 1.54) is 6.42 Å². The van der Waals surface area contributed by atoms with Gasteiger partial charge in [-0.15, -0.1) is 0 Å². The molecule has 1 heterocycles. The molecule has 0 spiro atoms. The molecule has 3 unspecified atom stereocenters. The van der Waals surface area contributed by atoms with Crippen molar-refractivity contribution in [1.82, 2.24) is 4.90 Å². The van der Waals surface area contributed by atoms with E-state index in [1.54, 1.807) is 4.90 Å². The van der Waals surface area contributed by atoms with Gasteiger partial charge in [0.05, 0.1) is 13.0 Å². The van der Waals surface area contributed by atoms with E-state index in [0.717, 1.165) is 6.42 Å².